The minimum absolute atomic E-state index is 0.00320. The Kier molecular flexibility index (Phi) is 7.09. The Morgan fingerprint density at radius 2 is 1.80 bits per heavy atom. The predicted octanol–water partition coefficient (Wildman–Crippen LogP) is 2.67. The zero-order chi connectivity index (χ0) is 15.0. The zero-order valence-corrected chi connectivity index (χ0v) is 12.8. The number of carbonyl (C=O) groups is 1. The highest BCUT2D eigenvalue weighted by molar-refractivity contribution is 5.81. The number of hydrogen-bond acceptors (Lipinski definition) is 4. The molecule has 1 aromatic carbocycles. The molecule has 0 unspecified atom stereocenters. The molecule has 0 radical (unpaired) electrons. The van der Waals surface area contributed by atoms with Crippen LogP contribution in [-0.2, 0) is 4.79 Å². The second-order valence-corrected chi connectivity index (χ2v) is 5.34. The van der Waals surface area contributed by atoms with Crippen LogP contribution in [0.4, 0.5) is 0 Å². The fourth-order valence-corrected chi connectivity index (χ4v) is 1.49. The molecule has 4 nitrogen and oxygen atoms in total. The molecule has 0 saturated heterocycles. The van der Waals surface area contributed by atoms with Gasteiger partial charge >= 0.3 is 0 Å². The summed E-state index contributed by atoms with van der Waals surface area (Å²) in [5.74, 6) is 1.51. The average Bonchev–Trinajstić information content (AvgIpc) is 2.41. The first-order valence-electron chi connectivity index (χ1n) is 7.10. The monoisotopic (exact) mass is 279 g/mol. The van der Waals surface area contributed by atoms with Crippen LogP contribution in [0.15, 0.2) is 24.3 Å². The number of ether oxygens (including phenoxy) is 2. The van der Waals surface area contributed by atoms with Crippen LogP contribution in [0.3, 0.4) is 0 Å². The second-order valence-electron chi connectivity index (χ2n) is 5.34. The molecule has 4 heteroatoms. The van der Waals surface area contributed by atoms with Crippen molar-refractivity contribution < 1.29 is 14.3 Å². The Hall–Kier alpha value is -1.55. The standard InChI is InChI=1S/C16H25NO3/c1-12(2)16(18)11-20-15-7-5-6-14(10-15)19-9-8-17-13(3)4/h5-7,10,12-13,17H,8-9,11H2,1-4H3. The molecule has 0 amide bonds. The molecule has 112 valence electrons. The van der Waals surface area contributed by atoms with E-state index in [1.807, 2.05) is 38.1 Å². The molecule has 0 atom stereocenters. The Balaban J connectivity index is 2.39. The van der Waals surface area contributed by atoms with Crippen LogP contribution >= 0.6 is 0 Å². The van der Waals surface area contributed by atoms with Gasteiger partial charge in [-0.25, -0.2) is 0 Å². The molecule has 1 aromatic rings. The molecule has 0 aromatic heterocycles. The maximum atomic E-state index is 11.5. The van der Waals surface area contributed by atoms with Gasteiger partial charge in [0, 0.05) is 24.6 Å². The summed E-state index contributed by atoms with van der Waals surface area (Å²) < 4.78 is 11.1. The van der Waals surface area contributed by atoms with E-state index in [0.717, 1.165) is 12.3 Å². The third-order valence-electron chi connectivity index (χ3n) is 2.75. The van der Waals surface area contributed by atoms with Crippen LogP contribution in [0.25, 0.3) is 0 Å². The predicted molar refractivity (Wildman–Crippen MR) is 80.4 cm³/mol. The number of hydrogen-bond donors (Lipinski definition) is 1. The normalized spacial score (nSPS) is 10.9. The van der Waals surface area contributed by atoms with E-state index in [0.29, 0.717) is 18.4 Å². The quantitative estimate of drug-likeness (QED) is 0.706. The Morgan fingerprint density at radius 1 is 1.15 bits per heavy atom. The molecule has 0 bridgehead atoms. The van der Waals surface area contributed by atoms with Crippen molar-refractivity contribution >= 4 is 5.78 Å². The number of nitrogens with one attached hydrogen (secondary N) is 1. The first-order valence-corrected chi connectivity index (χ1v) is 7.10. The third kappa shape index (κ3) is 6.57. The Labute approximate surface area is 121 Å². The summed E-state index contributed by atoms with van der Waals surface area (Å²) in [6.45, 7) is 9.44. The van der Waals surface area contributed by atoms with Crippen molar-refractivity contribution in [2.45, 2.75) is 33.7 Å². The number of ketones is 1. The lowest BCUT2D eigenvalue weighted by Crippen LogP contribution is -2.27. The van der Waals surface area contributed by atoms with Crippen LogP contribution in [-0.4, -0.2) is 31.6 Å². The van der Waals surface area contributed by atoms with E-state index in [2.05, 4.69) is 19.2 Å². The fourth-order valence-electron chi connectivity index (χ4n) is 1.49. The summed E-state index contributed by atoms with van der Waals surface area (Å²) in [4.78, 5) is 11.5. The third-order valence-corrected chi connectivity index (χ3v) is 2.75. The molecule has 0 aliphatic heterocycles. The van der Waals surface area contributed by atoms with Gasteiger partial charge in [-0.1, -0.05) is 33.8 Å². The summed E-state index contributed by atoms with van der Waals surface area (Å²) >= 11 is 0. The van der Waals surface area contributed by atoms with E-state index in [9.17, 15) is 4.79 Å². The minimum atomic E-state index is -0.00320. The van der Waals surface area contributed by atoms with Gasteiger partial charge in [0.2, 0.25) is 0 Å². The lowest BCUT2D eigenvalue weighted by molar-refractivity contribution is -0.123. The van der Waals surface area contributed by atoms with Gasteiger partial charge in [0.1, 0.15) is 24.7 Å². The highest BCUT2D eigenvalue weighted by Crippen LogP contribution is 2.19. The van der Waals surface area contributed by atoms with Crippen LogP contribution in [0, 0.1) is 5.92 Å². The van der Waals surface area contributed by atoms with E-state index in [1.54, 1.807) is 0 Å². The molecule has 0 heterocycles. The molecule has 0 aliphatic rings. The van der Waals surface area contributed by atoms with E-state index in [-0.39, 0.29) is 18.3 Å². The Morgan fingerprint density at radius 3 is 2.40 bits per heavy atom. The molecule has 20 heavy (non-hydrogen) atoms. The highest BCUT2D eigenvalue weighted by Gasteiger charge is 2.08. The van der Waals surface area contributed by atoms with Crippen LogP contribution in [0.2, 0.25) is 0 Å². The lowest BCUT2D eigenvalue weighted by atomic mass is 10.1. The second kappa shape index (κ2) is 8.59. The SMILES string of the molecule is CC(C)NCCOc1cccc(OCC(=O)C(C)C)c1. The van der Waals surface area contributed by atoms with E-state index >= 15 is 0 Å². The van der Waals surface area contributed by atoms with Gasteiger partial charge in [0.15, 0.2) is 5.78 Å². The van der Waals surface area contributed by atoms with Crippen molar-refractivity contribution in [3.63, 3.8) is 0 Å². The van der Waals surface area contributed by atoms with Crippen molar-refractivity contribution in [1.29, 1.82) is 0 Å². The molecule has 0 spiro atoms. The maximum absolute atomic E-state index is 11.5. The number of rotatable bonds is 9. The summed E-state index contributed by atoms with van der Waals surface area (Å²) in [5, 5.41) is 3.28. The van der Waals surface area contributed by atoms with Crippen LogP contribution < -0.4 is 14.8 Å². The van der Waals surface area contributed by atoms with Gasteiger partial charge in [0.25, 0.3) is 0 Å². The molecular weight excluding hydrogens is 254 g/mol. The maximum Gasteiger partial charge on any atom is 0.172 e. The first-order chi connectivity index (χ1) is 9.49. The summed E-state index contributed by atoms with van der Waals surface area (Å²) in [6, 6.07) is 7.83. The molecule has 0 saturated carbocycles. The zero-order valence-electron chi connectivity index (χ0n) is 12.8. The summed E-state index contributed by atoms with van der Waals surface area (Å²) in [7, 11) is 0. The molecule has 0 fully saturated rings. The first kappa shape index (κ1) is 16.5. The largest absolute Gasteiger partial charge is 0.492 e. The summed E-state index contributed by atoms with van der Waals surface area (Å²) in [5.41, 5.74) is 0. The number of carbonyl (C=O) groups excluding carboxylic acids is 1. The van der Waals surface area contributed by atoms with Gasteiger partial charge in [0.05, 0.1) is 0 Å². The van der Waals surface area contributed by atoms with Gasteiger partial charge < -0.3 is 14.8 Å². The van der Waals surface area contributed by atoms with E-state index in [4.69, 9.17) is 9.47 Å². The highest BCUT2D eigenvalue weighted by atomic mass is 16.5. The molecular formula is C16H25NO3. The van der Waals surface area contributed by atoms with E-state index < -0.39 is 0 Å². The smallest absolute Gasteiger partial charge is 0.172 e. The van der Waals surface area contributed by atoms with Crippen molar-refractivity contribution in [3.05, 3.63) is 24.3 Å². The Bertz CT molecular complexity index is 416. The van der Waals surface area contributed by atoms with Crippen molar-refractivity contribution in [3.8, 4) is 11.5 Å². The van der Waals surface area contributed by atoms with Crippen molar-refractivity contribution in [2.24, 2.45) is 5.92 Å². The molecule has 1 N–H and O–H groups in total. The van der Waals surface area contributed by atoms with Crippen molar-refractivity contribution in [1.82, 2.24) is 5.32 Å². The summed E-state index contributed by atoms with van der Waals surface area (Å²) in [6.07, 6.45) is 0. The molecule has 1 rings (SSSR count). The van der Waals surface area contributed by atoms with Gasteiger partial charge in [-0.3, -0.25) is 4.79 Å². The number of benzene rings is 1. The average molecular weight is 279 g/mol. The topological polar surface area (TPSA) is 47.6 Å². The van der Waals surface area contributed by atoms with Gasteiger partial charge in [-0.15, -0.1) is 0 Å². The van der Waals surface area contributed by atoms with Gasteiger partial charge in [-0.2, -0.15) is 0 Å². The number of Topliss-reactive ketones (excluding diaryl/α,β-unsaturated/α-hetero) is 1. The molecule has 0 aliphatic carbocycles. The van der Waals surface area contributed by atoms with Crippen molar-refractivity contribution in [2.75, 3.05) is 19.8 Å². The minimum Gasteiger partial charge on any atom is -0.492 e. The van der Waals surface area contributed by atoms with E-state index in [1.165, 1.54) is 0 Å². The van der Waals surface area contributed by atoms with Crippen LogP contribution in [0.5, 0.6) is 11.5 Å². The van der Waals surface area contributed by atoms with Crippen LogP contribution in [0.1, 0.15) is 27.7 Å². The fraction of sp³-hybridized carbons (Fsp3) is 0.562. The van der Waals surface area contributed by atoms with Gasteiger partial charge in [-0.05, 0) is 12.1 Å². The lowest BCUT2D eigenvalue weighted by Gasteiger charge is -2.11.